The van der Waals surface area contributed by atoms with Gasteiger partial charge in [-0.05, 0) is 24.3 Å². The van der Waals surface area contributed by atoms with Gasteiger partial charge >= 0.3 is 0 Å². The van der Waals surface area contributed by atoms with Gasteiger partial charge in [-0.2, -0.15) is 5.10 Å². The Morgan fingerprint density at radius 3 is 2.88 bits per heavy atom. The highest BCUT2D eigenvalue weighted by Crippen LogP contribution is 2.32. The minimum atomic E-state index is -0.298. The van der Waals surface area contributed by atoms with E-state index < -0.39 is 0 Å². The van der Waals surface area contributed by atoms with Crippen molar-refractivity contribution in [2.24, 2.45) is 0 Å². The van der Waals surface area contributed by atoms with E-state index >= 15 is 0 Å². The van der Waals surface area contributed by atoms with Crippen LogP contribution in [0.2, 0.25) is 0 Å². The number of hydrogen-bond acceptors (Lipinski definition) is 6. The summed E-state index contributed by atoms with van der Waals surface area (Å²) in [7, 11) is 0. The molecule has 8 nitrogen and oxygen atoms in total. The molecule has 25 heavy (non-hydrogen) atoms. The lowest BCUT2D eigenvalue weighted by molar-refractivity contribution is 0.102. The molecule has 126 valence electrons. The highest BCUT2D eigenvalue weighted by Gasteiger charge is 2.16. The molecule has 8 heteroatoms. The molecule has 1 N–H and O–H groups in total. The van der Waals surface area contributed by atoms with Gasteiger partial charge < -0.3 is 14.8 Å². The van der Waals surface area contributed by atoms with Crippen LogP contribution in [0.15, 0.2) is 49.2 Å². The van der Waals surface area contributed by atoms with Crippen LogP contribution in [0.3, 0.4) is 0 Å². The van der Waals surface area contributed by atoms with Crippen molar-refractivity contribution in [3.63, 3.8) is 0 Å². The lowest BCUT2D eigenvalue weighted by Crippen LogP contribution is -2.16. The number of anilines is 1. The number of aromatic nitrogens is 4. The highest BCUT2D eigenvalue weighted by molar-refractivity contribution is 6.06. The minimum Gasteiger partial charge on any atom is -0.490 e. The van der Waals surface area contributed by atoms with Gasteiger partial charge in [-0.15, -0.1) is 0 Å². The molecule has 0 bridgehead atoms. The Balaban J connectivity index is 1.60. The van der Waals surface area contributed by atoms with E-state index in [-0.39, 0.29) is 5.91 Å². The summed E-state index contributed by atoms with van der Waals surface area (Å²) in [5, 5.41) is 6.89. The van der Waals surface area contributed by atoms with Crippen LogP contribution in [0.25, 0.3) is 5.82 Å². The second-order valence-corrected chi connectivity index (χ2v) is 5.38. The summed E-state index contributed by atoms with van der Waals surface area (Å²) >= 11 is 0. The SMILES string of the molecule is O=C(Nc1ccc2c(c1)OCCCO2)c1cccnc1-n1cncn1. The first-order chi connectivity index (χ1) is 12.3. The van der Waals surface area contributed by atoms with Crippen molar-refractivity contribution in [1.82, 2.24) is 19.7 Å². The maximum atomic E-state index is 12.7. The normalized spacial score (nSPS) is 13.1. The molecule has 0 atom stereocenters. The topological polar surface area (TPSA) is 91.2 Å². The fourth-order valence-corrected chi connectivity index (χ4v) is 2.51. The van der Waals surface area contributed by atoms with E-state index in [1.807, 2.05) is 0 Å². The zero-order valence-corrected chi connectivity index (χ0v) is 13.3. The molecule has 3 heterocycles. The van der Waals surface area contributed by atoms with E-state index in [0.29, 0.717) is 41.8 Å². The Bertz CT molecular complexity index is 895. The molecule has 1 aromatic carbocycles. The summed E-state index contributed by atoms with van der Waals surface area (Å²) in [6.45, 7) is 1.21. The molecule has 0 aliphatic carbocycles. The van der Waals surface area contributed by atoms with Gasteiger partial charge in [-0.25, -0.2) is 14.6 Å². The maximum Gasteiger partial charge on any atom is 0.259 e. The predicted molar refractivity (Wildman–Crippen MR) is 89.2 cm³/mol. The van der Waals surface area contributed by atoms with Gasteiger partial charge in [0, 0.05) is 24.4 Å². The number of benzene rings is 1. The summed E-state index contributed by atoms with van der Waals surface area (Å²) in [5.74, 6) is 1.41. The molecule has 0 unspecified atom stereocenters. The van der Waals surface area contributed by atoms with Crippen molar-refractivity contribution in [2.75, 3.05) is 18.5 Å². The smallest absolute Gasteiger partial charge is 0.259 e. The van der Waals surface area contributed by atoms with Crippen molar-refractivity contribution in [1.29, 1.82) is 0 Å². The van der Waals surface area contributed by atoms with Crippen LogP contribution >= 0.6 is 0 Å². The molecule has 0 fully saturated rings. The summed E-state index contributed by atoms with van der Waals surface area (Å²) in [6, 6.07) is 8.70. The van der Waals surface area contributed by atoms with Crippen LogP contribution in [0.1, 0.15) is 16.8 Å². The first kappa shape index (κ1) is 15.1. The molecule has 1 amide bonds. The first-order valence-corrected chi connectivity index (χ1v) is 7.82. The van der Waals surface area contributed by atoms with Gasteiger partial charge in [-0.3, -0.25) is 4.79 Å². The Labute approximate surface area is 143 Å². The van der Waals surface area contributed by atoms with Crippen LogP contribution in [0, 0.1) is 0 Å². The zero-order chi connectivity index (χ0) is 17.1. The predicted octanol–water partition coefficient (Wildman–Crippen LogP) is 2.08. The van der Waals surface area contributed by atoms with Crippen LogP contribution in [-0.2, 0) is 0 Å². The number of ether oxygens (including phenoxy) is 2. The van der Waals surface area contributed by atoms with Crippen LogP contribution in [0.4, 0.5) is 5.69 Å². The van der Waals surface area contributed by atoms with Crippen molar-refractivity contribution < 1.29 is 14.3 Å². The number of carbonyl (C=O) groups is 1. The largest absolute Gasteiger partial charge is 0.490 e. The molecule has 0 radical (unpaired) electrons. The van der Waals surface area contributed by atoms with Gasteiger partial charge in [0.1, 0.15) is 12.7 Å². The zero-order valence-electron chi connectivity index (χ0n) is 13.3. The average molecular weight is 337 g/mol. The van der Waals surface area contributed by atoms with Crippen molar-refractivity contribution in [3.8, 4) is 17.3 Å². The molecule has 0 saturated carbocycles. The van der Waals surface area contributed by atoms with Gasteiger partial charge in [-0.1, -0.05) is 0 Å². The number of amides is 1. The number of nitrogens with zero attached hydrogens (tertiary/aromatic N) is 4. The van der Waals surface area contributed by atoms with E-state index in [1.54, 1.807) is 36.5 Å². The summed E-state index contributed by atoms with van der Waals surface area (Å²) in [4.78, 5) is 20.8. The van der Waals surface area contributed by atoms with E-state index in [4.69, 9.17) is 9.47 Å². The van der Waals surface area contributed by atoms with Crippen molar-refractivity contribution >= 4 is 11.6 Å². The van der Waals surface area contributed by atoms with Crippen LogP contribution < -0.4 is 14.8 Å². The molecule has 3 aromatic rings. The molecule has 0 saturated heterocycles. The Morgan fingerprint density at radius 2 is 2.04 bits per heavy atom. The highest BCUT2D eigenvalue weighted by atomic mass is 16.5. The molecule has 4 rings (SSSR count). The average Bonchev–Trinajstić information content (AvgIpc) is 3.07. The van der Waals surface area contributed by atoms with Crippen molar-refractivity contribution in [2.45, 2.75) is 6.42 Å². The third-order valence-electron chi connectivity index (χ3n) is 3.67. The van der Waals surface area contributed by atoms with E-state index in [9.17, 15) is 4.79 Å². The van der Waals surface area contributed by atoms with Gasteiger partial charge in [0.15, 0.2) is 17.3 Å². The molecule has 0 spiro atoms. The number of carbonyl (C=O) groups excluding carboxylic acids is 1. The second-order valence-electron chi connectivity index (χ2n) is 5.38. The molecular weight excluding hydrogens is 322 g/mol. The van der Waals surface area contributed by atoms with Gasteiger partial charge in [0.05, 0.1) is 18.8 Å². The summed E-state index contributed by atoms with van der Waals surface area (Å²) < 4.78 is 12.7. The number of nitrogens with one attached hydrogen (secondary N) is 1. The fraction of sp³-hybridized carbons (Fsp3) is 0.176. The maximum absolute atomic E-state index is 12.7. The molecule has 1 aliphatic rings. The number of hydrogen-bond donors (Lipinski definition) is 1. The van der Waals surface area contributed by atoms with Gasteiger partial charge in [0.25, 0.3) is 5.91 Å². The van der Waals surface area contributed by atoms with Gasteiger partial charge in [0.2, 0.25) is 0 Å². The van der Waals surface area contributed by atoms with Crippen LogP contribution in [0.5, 0.6) is 11.5 Å². The second kappa shape index (κ2) is 6.60. The van der Waals surface area contributed by atoms with E-state index in [1.165, 1.54) is 17.3 Å². The summed E-state index contributed by atoms with van der Waals surface area (Å²) in [5.41, 5.74) is 1.00. The Kier molecular flexibility index (Phi) is 3.99. The lowest BCUT2D eigenvalue weighted by atomic mass is 10.2. The third kappa shape index (κ3) is 3.14. The van der Waals surface area contributed by atoms with Crippen LogP contribution in [-0.4, -0.2) is 38.9 Å². The van der Waals surface area contributed by atoms with Crippen molar-refractivity contribution in [3.05, 3.63) is 54.7 Å². The first-order valence-electron chi connectivity index (χ1n) is 7.82. The number of fused-ring (bicyclic) bond motifs is 1. The van der Waals surface area contributed by atoms with E-state index in [2.05, 4.69) is 20.4 Å². The Hall–Kier alpha value is -3.42. The minimum absolute atomic E-state index is 0.298. The number of pyridine rings is 1. The molecular formula is C17H15N5O3. The number of rotatable bonds is 3. The monoisotopic (exact) mass is 337 g/mol. The molecule has 2 aromatic heterocycles. The fourth-order valence-electron chi connectivity index (χ4n) is 2.51. The Morgan fingerprint density at radius 1 is 1.16 bits per heavy atom. The van der Waals surface area contributed by atoms with E-state index in [0.717, 1.165) is 6.42 Å². The molecule has 1 aliphatic heterocycles. The standard InChI is InChI=1S/C17H15N5O3/c23-17(13-3-1-6-19-16(13)22-11-18-10-20-22)21-12-4-5-14-15(9-12)25-8-2-7-24-14/h1,3-6,9-11H,2,7-8H2,(H,21,23). The lowest BCUT2D eigenvalue weighted by Gasteiger charge is -2.11. The summed E-state index contributed by atoms with van der Waals surface area (Å²) in [6.07, 6.45) is 5.31. The quantitative estimate of drug-likeness (QED) is 0.787. The third-order valence-corrected chi connectivity index (χ3v) is 3.67.